The molecule has 22 heavy (non-hydrogen) atoms. The average Bonchev–Trinajstić information content (AvgIpc) is 2.40. The average molecular weight is 399 g/mol. The van der Waals surface area contributed by atoms with Crippen molar-refractivity contribution < 1.29 is 23.0 Å². The molecule has 2 aromatic rings. The lowest BCUT2D eigenvalue weighted by atomic mass is 9.99. The number of hydrogen-bond acceptors (Lipinski definition) is 3. The van der Waals surface area contributed by atoms with Gasteiger partial charge in [-0.15, -0.1) is 25.6 Å². The van der Waals surface area contributed by atoms with Gasteiger partial charge < -0.3 is 15.6 Å². The fourth-order valence-corrected chi connectivity index (χ4v) is 2.32. The van der Waals surface area contributed by atoms with Gasteiger partial charge in [-0.3, -0.25) is 0 Å². The Hall–Kier alpha value is -1.44. The highest BCUT2D eigenvalue weighted by Gasteiger charge is 2.31. The van der Waals surface area contributed by atoms with Gasteiger partial charge in [-0.05, 0) is 41.5 Å². The summed E-state index contributed by atoms with van der Waals surface area (Å²) in [7, 11) is 0. The van der Waals surface area contributed by atoms with E-state index in [1.54, 1.807) is 6.07 Å². The second kappa shape index (κ2) is 7.21. The Kier molecular flexibility index (Phi) is 6.10. The first-order valence-electron chi connectivity index (χ1n) is 5.86. The van der Waals surface area contributed by atoms with Crippen LogP contribution in [-0.2, 0) is 0 Å². The molecule has 3 N–H and O–H groups in total. The van der Waals surface area contributed by atoms with E-state index in [1.165, 1.54) is 36.4 Å². The Morgan fingerprint density at radius 3 is 2.23 bits per heavy atom. The quantitative estimate of drug-likeness (QED) is 0.799. The van der Waals surface area contributed by atoms with Gasteiger partial charge in [0.15, 0.2) is 0 Å². The second-order valence-electron chi connectivity index (χ2n) is 4.30. The van der Waals surface area contributed by atoms with Crippen LogP contribution in [0.1, 0.15) is 17.2 Å². The third-order valence-corrected chi connectivity index (χ3v) is 3.51. The van der Waals surface area contributed by atoms with Crippen LogP contribution < -0.4 is 10.5 Å². The minimum atomic E-state index is -4.72. The van der Waals surface area contributed by atoms with E-state index < -0.39 is 12.4 Å². The molecule has 8 heteroatoms. The lowest BCUT2D eigenvalue weighted by molar-refractivity contribution is -0.274. The maximum Gasteiger partial charge on any atom is 0.573 e. The monoisotopic (exact) mass is 397 g/mol. The first kappa shape index (κ1) is 18.6. The van der Waals surface area contributed by atoms with Gasteiger partial charge in [-0.1, -0.05) is 28.1 Å². The largest absolute Gasteiger partial charge is 0.573 e. The summed E-state index contributed by atoms with van der Waals surface area (Å²) in [5.74, 6) is -0.255. The summed E-state index contributed by atoms with van der Waals surface area (Å²) in [4.78, 5) is 0. The van der Waals surface area contributed by atoms with Crippen LogP contribution >= 0.6 is 28.3 Å². The maximum absolute atomic E-state index is 12.1. The van der Waals surface area contributed by atoms with E-state index in [-0.39, 0.29) is 23.9 Å². The Labute approximate surface area is 139 Å². The van der Waals surface area contributed by atoms with Gasteiger partial charge in [0, 0.05) is 4.47 Å². The van der Waals surface area contributed by atoms with E-state index in [2.05, 4.69) is 20.7 Å². The summed E-state index contributed by atoms with van der Waals surface area (Å²) < 4.78 is 40.7. The Bertz CT molecular complexity index is 635. The molecule has 0 aliphatic rings. The maximum atomic E-state index is 12.1. The van der Waals surface area contributed by atoms with Gasteiger partial charge in [0.25, 0.3) is 0 Å². The van der Waals surface area contributed by atoms with E-state index in [0.717, 1.165) is 0 Å². The predicted molar refractivity (Wildman–Crippen MR) is 82.2 cm³/mol. The molecule has 2 aromatic carbocycles. The molecule has 1 atom stereocenters. The van der Waals surface area contributed by atoms with Crippen molar-refractivity contribution in [3.63, 3.8) is 0 Å². The molecule has 0 aliphatic heterocycles. The molecule has 0 radical (unpaired) electrons. The standard InChI is InChI=1S/C14H11BrF3NO2.ClH/c15-12-6-3-9(20)7-11(12)13(19)8-1-4-10(5-2-8)21-14(16,17)18;/h1-7,13,20H,19H2;1H/t13-;/m0./s1. The molecule has 0 aliphatic carbocycles. The van der Waals surface area contributed by atoms with E-state index in [1.807, 2.05) is 0 Å². The number of nitrogens with two attached hydrogens (primary N) is 1. The summed E-state index contributed by atoms with van der Waals surface area (Å²) in [6.07, 6.45) is -4.72. The number of phenols is 1. The molecular formula is C14H12BrClF3NO2. The summed E-state index contributed by atoms with van der Waals surface area (Å²) >= 11 is 3.32. The molecule has 0 amide bonds. The summed E-state index contributed by atoms with van der Waals surface area (Å²) in [5.41, 5.74) is 7.28. The summed E-state index contributed by atoms with van der Waals surface area (Å²) in [6, 6.07) is 9.33. The van der Waals surface area contributed by atoms with E-state index >= 15 is 0 Å². The van der Waals surface area contributed by atoms with E-state index in [9.17, 15) is 18.3 Å². The van der Waals surface area contributed by atoms with Gasteiger partial charge in [0.2, 0.25) is 0 Å². The fourth-order valence-electron chi connectivity index (χ4n) is 1.83. The zero-order valence-electron chi connectivity index (χ0n) is 11.0. The van der Waals surface area contributed by atoms with Crippen LogP contribution in [0.15, 0.2) is 46.9 Å². The Morgan fingerprint density at radius 1 is 1.09 bits per heavy atom. The molecule has 0 fully saturated rings. The highest BCUT2D eigenvalue weighted by Crippen LogP contribution is 2.31. The number of aromatic hydroxyl groups is 1. The number of hydrogen-bond donors (Lipinski definition) is 2. The molecule has 2 rings (SSSR count). The zero-order valence-corrected chi connectivity index (χ0v) is 13.4. The smallest absolute Gasteiger partial charge is 0.508 e. The third-order valence-electron chi connectivity index (χ3n) is 2.79. The molecule has 0 spiro atoms. The van der Waals surface area contributed by atoms with Gasteiger partial charge in [-0.25, -0.2) is 0 Å². The van der Waals surface area contributed by atoms with Gasteiger partial charge in [0.05, 0.1) is 6.04 Å². The van der Waals surface area contributed by atoms with Crippen molar-refractivity contribution in [3.05, 3.63) is 58.1 Å². The lowest BCUT2D eigenvalue weighted by Crippen LogP contribution is -2.17. The van der Waals surface area contributed by atoms with Crippen LogP contribution in [0.3, 0.4) is 0 Å². The molecule has 0 saturated carbocycles. The first-order valence-corrected chi connectivity index (χ1v) is 6.65. The van der Waals surface area contributed by atoms with Crippen molar-refractivity contribution in [1.82, 2.24) is 0 Å². The van der Waals surface area contributed by atoms with Crippen molar-refractivity contribution in [2.24, 2.45) is 5.73 Å². The highest BCUT2D eigenvalue weighted by atomic mass is 79.9. The Balaban J connectivity index is 0.00000242. The molecule has 0 saturated heterocycles. The zero-order chi connectivity index (χ0) is 15.6. The first-order chi connectivity index (χ1) is 9.76. The van der Waals surface area contributed by atoms with Gasteiger partial charge in [-0.2, -0.15) is 0 Å². The van der Waals surface area contributed by atoms with Crippen molar-refractivity contribution in [2.75, 3.05) is 0 Å². The minimum absolute atomic E-state index is 0. The topological polar surface area (TPSA) is 55.5 Å². The SMILES string of the molecule is Cl.N[C@@H](c1ccc(OC(F)(F)F)cc1)c1cc(O)ccc1Br. The lowest BCUT2D eigenvalue weighted by Gasteiger charge is -2.16. The summed E-state index contributed by atoms with van der Waals surface area (Å²) in [5, 5.41) is 9.48. The number of alkyl halides is 3. The number of phenolic OH excluding ortho intramolecular Hbond substituents is 1. The van der Waals surface area contributed by atoms with Crippen LogP contribution in [0.5, 0.6) is 11.5 Å². The van der Waals surface area contributed by atoms with Crippen LogP contribution in [0.4, 0.5) is 13.2 Å². The van der Waals surface area contributed by atoms with Crippen LogP contribution in [0.2, 0.25) is 0 Å². The van der Waals surface area contributed by atoms with Crippen LogP contribution in [0.25, 0.3) is 0 Å². The van der Waals surface area contributed by atoms with E-state index in [4.69, 9.17) is 5.73 Å². The van der Waals surface area contributed by atoms with Gasteiger partial charge >= 0.3 is 6.36 Å². The summed E-state index contributed by atoms with van der Waals surface area (Å²) in [6.45, 7) is 0. The highest BCUT2D eigenvalue weighted by molar-refractivity contribution is 9.10. The van der Waals surface area contributed by atoms with Crippen LogP contribution in [-0.4, -0.2) is 11.5 Å². The van der Waals surface area contributed by atoms with Crippen molar-refractivity contribution in [1.29, 1.82) is 0 Å². The number of rotatable bonds is 3. The second-order valence-corrected chi connectivity index (χ2v) is 5.15. The minimum Gasteiger partial charge on any atom is -0.508 e. The molecule has 120 valence electrons. The molecule has 0 heterocycles. The normalized spacial score (nSPS) is 12.4. The van der Waals surface area contributed by atoms with Crippen molar-refractivity contribution in [2.45, 2.75) is 12.4 Å². The van der Waals surface area contributed by atoms with Crippen LogP contribution in [0, 0.1) is 0 Å². The number of halogens is 5. The molecular weight excluding hydrogens is 387 g/mol. The molecule has 0 aromatic heterocycles. The van der Waals surface area contributed by atoms with Gasteiger partial charge in [0.1, 0.15) is 11.5 Å². The van der Waals surface area contributed by atoms with E-state index in [0.29, 0.717) is 15.6 Å². The molecule has 0 bridgehead atoms. The third kappa shape index (κ3) is 4.79. The Morgan fingerprint density at radius 2 is 1.68 bits per heavy atom. The number of benzene rings is 2. The van der Waals surface area contributed by atoms with Crippen molar-refractivity contribution in [3.8, 4) is 11.5 Å². The molecule has 0 unspecified atom stereocenters. The predicted octanol–water partition coefficient (Wildman–Crippen LogP) is 4.52. The molecule has 3 nitrogen and oxygen atoms in total. The fraction of sp³-hybridized carbons (Fsp3) is 0.143. The van der Waals surface area contributed by atoms with Crippen molar-refractivity contribution >= 4 is 28.3 Å². The number of ether oxygens (including phenoxy) is 1.